The molecular weight excluding hydrogens is 230 g/mol. The lowest BCUT2D eigenvalue weighted by Gasteiger charge is -2.17. The van der Waals surface area contributed by atoms with Gasteiger partial charge < -0.3 is 15.2 Å². The van der Waals surface area contributed by atoms with Gasteiger partial charge in [-0.25, -0.2) is 0 Å². The summed E-state index contributed by atoms with van der Waals surface area (Å²) in [6.45, 7) is 4.25. The highest BCUT2D eigenvalue weighted by molar-refractivity contribution is 5.94. The minimum atomic E-state index is -0.503. The lowest BCUT2D eigenvalue weighted by atomic mass is 10.0. The van der Waals surface area contributed by atoms with Crippen molar-refractivity contribution in [2.24, 2.45) is 5.92 Å². The van der Waals surface area contributed by atoms with Crippen LogP contribution in [0.5, 0.6) is 5.75 Å². The predicted octanol–water partition coefficient (Wildman–Crippen LogP) is 1.83. The molecule has 1 amide bonds. The number of ether oxygens (including phenoxy) is 1. The standard InChI is InChI=1S/C14H21NO3/c1-4-10(2)13(16)9-15-14(17)11-5-7-12(18-3)8-6-11/h5-8,10,13,16H,4,9H2,1-3H3,(H,15,17). The average Bonchev–Trinajstić information content (AvgIpc) is 2.43. The van der Waals surface area contributed by atoms with Gasteiger partial charge in [-0.3, -0.25) is 4.79 Å². The molecule has 2 unspecified atom stereocenters. The third kappa shape index (κ3) is 4.04. The van der Waals surface area contributed by atoms with E-state index in [-0.39, 0.29) is 18.4 Å². The first kappa shape index (κ1) is 14.5. The number of carbonyl (C=O) groups excluding carboxylic acids is 1. The van der Waals surface area contributed by atoms with E-state index in [9.17, 15) is 9.90 Å². The maximum atomic E-state index is 11.8. The molecule has 0 aliphatic heterocycles. The summed E-state index contributed by atoms with van der Waals surface area (Å²) in [7, 11) is 1.58. The summed E-state index contributed by atoms with van der Waals surface area (Å²) in [6.07, 6.45) is 0.386. The number of rotatable bonds is 6. The molecule has 0 bridgehead atoms. The van der Waals surface area contributed by atoms with E-state index in [2.05, 4.69) is 5.32 Å². The van der Waals surface area contributed by atoms with Crippen LogP contribution in [0.3, 0.4) is 0 Å². The average molecular weight is 251 g/mol. The lowest BCUT2D eigenvalue weighted by molar-refractivity contribution is 0.0850. The quantitative estimate of drug-likeness (QED) is 0.811. The van der Waals surface area contributed by atoms with Crippen molar-refractivity contribution in [2.45, 2.75) is 26.4 Å². The van der Waals surface area contributed by atoms with Crippen LogP contribution in [0.2, 0.25) is 0 Å². The Bertz CT molecular complexity index is 375. The van der Waals surface area contributed by atoms with Crippen LogP contribution in [-0.4, -0.2) is 30.8 Å². The molecule has 0 heterocycles. The SMILES string of the molecule is CCC(C)C(O)CNC(=O)c1ccc(OC)cc1. The number of amides is 1. The van der Waals surface area contributed by atoms with Crippen molar-refractivity contribution in [2.75, 3.05) is 13.7 Å². The van der Waals surface area contributed by atoms with E-state index in [0.717, 1.165) is 6.42 Å². The Kier molecular flexibility index (Phi) is 5.65. The fourth-order valence-corrected chi connectivity index (χ4v) is 1.51. The van der Waals surface area contributed by atoms with Gasteiger partial charge in [0.1, 0.15) is 5.75 Å². The van der Waals surface area contributed by atoms with Crippen LogP contribution >= 0.6 is 0 Å². The van der Waals surface area contributed by atoms with Crippen LogP contribution in [0.15, 0.2) is 24.3 Å². The van der Waals surface area contributed by atoms with Gasteiger partial charge in [-0.2, -0.15) is 0 Å². The second-order valence-corrected chi connectivity index (χ2v) is 4.39. The van der Waals surface area contributed by atoms with Gasteiger partial charge in [0.05, 0.1) is 13.2 Å². The zero-order valence-corrected chi connectivity index (χ0v) is 11.1. The van der Waals surface area contributed by atoms with Crippen molar-refractivity contribution in [1.29, 1.82) is 0 Å². The molecule has 0 aliphatic rings. The van der Waals surface area contributed by atoms with Gasteiger partial charge in [-0.15, -0.1) is 0 Å². The fraction of sp³-hybridized carbons (Fsp3) is 0.500. The summed E-state index contributed by atoms with van der Waals surface area (Å²) in [5.41, 5.74) is 0.562. The molecule has 0 fully saturated rings. The number of aliphatic hydroxyl groups excluding tert-OH is 1. The van der Waals surface area contributed by atoms with Gasteiger partial charge in [0.15, 0.2) is 0 Å². The van der Waals surface area contributed by atoms with Crippen molar-refractivity contribution >= 4 is 5.91 Å². The Morgan fingerprint density at radius 1 is 1.39 bits per heavy atom. The smallest absolute Gasteiger partial charge is 0.251 e. The van der Waals surface area contributed by atoms with E-state index in [4.69, 9.17) is 4.74 Å². The second-order valence-electron chi connectivity index (χ2n) is 4.39. The lowest BCUT2D eigenvalue weighted by Crippen LogP contribution is -2.35. The summed E-state index contributed by atoms with van der Waals surface area (Å²) in [5.74, 6) is 0.715. The third-order valence-electron chi connectivity index (χ3n) is 3.12. The molecule has 0 saturated carbocycles. The van der Waals surface area contributed by atoms with Crippen LogP contribution in [0.25, 0.3) is 0 Å². The van der Waals surface area contributed by atoms with Crippen molar-refractivity contribution in [1.82, 2.24) is 5.32 Å². The molecule has 4 nitrogen and oxygen atoms in total. The van der Waals surface area contributed by atoms with E-state index >= 15 is 0 Å². The molecule has 18 heavy (non-hydrogen) atoms. The highest BCUT2D eigenvalue weighted by Gasteiger charge is 2.13. The number of hydrogen-bond acceptors (Lipinski definition) is 3. The molecular formula is C14H21NO3. The summed E-state index contributed by atoms with van der Waals surface area (Å²) < 4.78 is 5.02. The first-order valence-electron chi connectivity index (χ1n) is 6.18. The number of methoxy groups -OCH3 is 1. The van der Waals surface area contributed by atoms with E-state index in [1.54, 1.807) is 31.4 Å². The van der Waals surface area contributed by atoms with Gasteiger partial charge in [0.25, 0.3) is 5.91 Å². The predicted molar refractivity (Wildman–Crippen MR) is 70.8 cm³/mol. The molecule has 1 aromatic rings. The summed E-state index contributed by atoms with van der Waals surface area (Å²) >= 11 is 0. The Morgan fingerprint density at radius 3 is 2.50 bits per heavy atom. The molecule has 0 aliphatic carbocycles. The summed E-state index contributed by atoms with van der Waals surface area (Å²) in [6, 6.07) is 6.87. The molecule has 0 aromatic heterocycles. The van der Waals surface area contributed by atoms with Gasteiger partial charge in [0.2, 0.25) is 0 Å². The molecule has 0 radical (unpaired) electrons. The Labute approximate surface area is 108 Å². The normalized spacial score (nSPS) is 13.8. The zero-order valence-electron chi connectivity index (χ0n) is 11.1. The van der Waals surface area contributed by atoms with Crippen LogP contribution in [-0.2, 0) is 0 Å². The van der Waals surface area contributed by atoms with E-state index in [0.29, 0.717) is 11.3 Å². The first-order valence-corrected chi connectivity index (χ1v) is 6.18. The minimum absolute atomic E-state index is 0.181. The van der Waals surface area contributed by atoms with Crippen LogP contribution in [0.4, 0.5) is 0 Å². The number of nitrogens with one attached hydrogen (secondary N) is 1. The Balaban J connectivity index is 2.49. The number of carbonyl (C=O) groups is 1. The van der Waals surface area contributed by atoms with E-state index in [1.807, 2.05) is 13.8 Å². The molecule has 1 aromatic carbocycles. The van der Waals surface area contributed by atoms with Crippen LogP contribution < -0.4 is 10.1 Å². The maximum Gasteiger partial charge on any atom is 0.251 e. The zero-order chi connectivity index (χ0) is 13.5. The number of hydrogen-bond donors (Lipinski definition) is 2. The van der Waals surface area contributed by atoms with Gasteiger partial charge in [-0.1, -0.05) is 20.3 Å². The number of aliphatic hydroxyl groups is 1. The number of benzene rings is 1. The Morgan fingerprint density at radius 2 is 2.00 bits per heavy atom. The minimum Gasteiger partial charge on any atom is -0.497 e. The van der Waals surface area contributed by atoms with Gasteiger partial charge in [0, 0.05) is 12.1 Å². The van der Waals surface area contributed by atoms with Crippen molar-refractivity contribution in [3.05, 3.63) is 29.8 Å². The summed E-state index contributed by atoms with van der Waals surface area (Å²) in [4.78, 5) is 11.8. The topological polar surface area (TPSA) is 58.6 Å². The van der Waals surface area contributed by atoms with Crippen molar-refractivity contribution in [3.63, 3.8) is 0 Å². The van der Waals surface area contributed by atoms with E-state index < -0.39 is 6.10 Å². The highest BCUT2D eigenvalue weighted by atomic mass is 16.5. The molecule has 0 saturated heterocycles. The van der Waals surface area contributed by atoms with Crippen molar-refractivity contribution < 1.29 is 14.6 Å². The van der Waals surface area contributed by atoms with Crippen LogP contribution in [0.1, 0.15) is 30.6 Å². The van der Waals surface area contributed by atoms with Crippen molar-refractivity contribution in [3.8, 4) is 5.75 Å². The van der Waals surface area contributed by atoms with Gasteiger partial charge >= 0.3 is 0 Å². The monoisotopic (exact) mass is 251 g/mol. The second kappa shape index (κ2) is 7.01. The largest absolute Gasteiger partial charge is 0.497 e. The fourth-order valence-electron chi connectivity index (χ4n) is 1.51. The molecule has 4 heteroatoms. The molecule has 100 valence electrons. The third-order valence-corrected chi connectivity index (χ3v) is 3.12. The highest BCUT2D eigenvalue weighted by Crippen LogP contribution is 2.11. The first-order chi connectivity index (χ1) is 8.58. The Hall–Kier alpha value is -1.55. The molecule has 2 atom stereocenters. The maximum absolute atomic E-state index is 11.8. The van der Waals surface area contributed by atoms with Gasteiger partial charge in [-0.05, 0) is 30.2 Å². The van der Waals surface area contributed by atoms with E-state index in [1.165, 1.54) is 0 Å². The molecule has 2 N–H and O–H groups in total. The molecule has 1 rings (SSSR count). The summed E-state index contributed by atoms with van der Waals surface area (Å²) in [5, 5.41) is 12.5. The molecule has 0 spiro atoms. The van der Waals surface area contributed by atoms with Crippen LogP contribution in [0, 0.1) is 5.92 Å².